The lowest BCUT2D eigenvalue weighted by molar-refractivity contribution is -0.116. The Morgan fingerprint density at radius 2 is 1.97 bits per heavy atom. The number of aryl methyl sites for hydroxylation is 1. The molecule has 0 aliphatic heterocycles. The predicted octanol–water partition coefficient (Wildman–Crippen LogP) is 2.49. The maximum Gasteiger partial charge on any atom is 0.227 e. The van der Waals surface area contributed by atoms with E-state index in [0.717, 1.165) is 16.9 Å². The summed E-state index contributed by atoms with van der Waals surface area (Å²) in [7, 11) is 3.23. The Morgan fingerprint density at radius 1 is 1.14 bits per heavy atom. The third-order valence-electron chi connectivity index (χ3n) is 4.07. The summed E-state index contributed by atoms with van der Waals surface area (Å²) in [5.41, 5.74) is 1.98. The van der Waals surface area contributed by atoms with E-state index in [1.807, 2.05) is 38.1 Å². The van der Waals surface area contributed by atoms with Crippen molar-refractivity contribution in [1.29, 1.82) is 0 Å². The van der Waals surface area contributed by atoms with Gasteiger partial charge in [-0.1, -0.05) is 6.07 Å². The fourth-order valence-corrected chi connectivity index (χ4v) is 2.53. The van der Waals surface area contributed by atoms with Crippen molar-refractivity contribution < 1.29 is 14.3 Å². The van der Waals surface area contributed by atoms with E-state index in [9.17, 15) is 4.79 Å². The highest BCUT2D eigenvalue weighted by atomic mass is 16.5. The van der Waals surface area contributed by atoms with Gasteiger partial charge >= 0.3 is 0 Å². The molecular formula is C21H29N5O3. The van der Waals surface area contributed by atoms with E-state index in [2.05, 4.69) is 25.9 Å². The lowest BCUT2D eigenvalue weighted by Gasteiger charge is -2.13. The number of rotatable bonds is 9. The van der Waals surface area contributed by atoms with Gasteiger partial charge in [0.25, 0.3) is 0 Å². The standard InChI is InChI=1S/C21H29N5O3/c1-5-22-21(25-14-16-7-8-17(28-3)12-18(16)29-4)23-11-10-20(27)26-19-9-6-15(2)13-24-19/h6-9,12-13H,5,10-11,14H2,1-4H3,(H2,22,23,25)(H,24,26,27). The topological polar surface area (TPSA) is 96.9 Å². The molecule has 3 N–H and O–H groups in total. The molecule has 0 spiro atoms. The first-order valence-electron chi connectivity index (χ1n) is 9.51. The third kappa shape index (κ3) is 7.33. The molecule has 0 aliphatic carbocycles. The molecule has 29 heavy (non-hydrogen) atoms. The Labute approximate surface area is 171 Å². The predicted molar refractivity (Wildman–Crippen MR) is 115 cm³/mol. The van der Waals surface area contributed by atoms with E-state index >= 15 is 0 Å². The molecule has 0 radical (unpaired) electrons. The number of nitrogens with one attached hydrogen (secondary N) is 3. The van der Waals surface area contributed by atoms with E-state index in [1.165, 1.54) is 0 Å². The van der Waals surface area contributed by atoms with Gasteiger partial charge in [-0.25, -0.2) is 9.98 Å². The average molecular weight is 399 g/mol. The minimum Gasteiger partial charge on any atom is -0.497 e. The van der Waals surface area contributed by atoms with Crippen LogP contribution in [0.25, 0.3) is 0 Å². The van der Waals surface area contributed by atoms with Gasteiger partial charge < -0.3 is 25.4 Å². The molecule has 156 valence electrons. The lowest BCUT2D eigenvalue weighted by atomic mass is 10.2. The molecular weight excluding hydrogens is 370 g/mol. The van der Waals surface area contributed by atoms with E-state index in [1.54, 1.807) is 26.5 Å². The second kappa shape index (κ2) is 11.5. The number of benzene rings is 1. The van der Waals surface area contributed by atoms with Crippen LogP contribution in [-0.2, 0) is 11.3 Å². The number of aromatic nitrogens is 1. The SMILES string of the molecule is CCNC(=NCc1ccc(OC)cc1OC)NCCC(=O)Nc1ccc(C)cn1. The second-order valence-electron chi connectivity index (χ2n) is 6.32. The minimum atomic E-state index is -0.110. The number of hydrogen-bond acceptors (Lipinski definition) is 5. The minimum absolute atomic E-state index is 0.110. The van der Waals surface area contributed by atoms with Crippen molar-refractivity contribution in [3.05, 3.63) is 47.7 Å². The molecule has 1 aromatic heterocycles. The highest BCUT2D eigenvalue weighted by molar-refractivity contribution is 5.90. The molecule has 2 rings (SSSR count). The quantitative estimate of drug-likeness (QED) is 0.443. The van der Waals surface area contributed by atoms with Crippen LogP contribution in [0.2, 0.25) is 0 Å². The number of carbonyl (C=O) groups excluding carboxylic acids is 1. The summed E-state index contributed by atoms with van der Waals surface area (Å²) in [6, 6.07) is 9.32. The van der Waals surface area contributed by atoms with Gasteiger partial charge in [0.2, 0.25) is 5.91 Å². The number of aliphatic imine (C=N–C) groups is 1. The number of pyridine rings is 1. The molecule has 1 aromatic carbocycles. The number of hydrogen-bond donors (Lipinski definition) is 3. The summed E-state index contributed by atoms with van der Waals surface area (Å²) >= 11 is 0. The van der Waals surface area contributed by atoms with Gasteiger partial charge in [0, 0.05) is 37.3 Å². The van der Waals surface area contributed by atoms with Crippen LogP contribution >= 0.6 is 0 Å². The number of methoxy groups -OCH3 is 2. The van der Waals surface area contributed by atoms with Gasteiger partial charge in [0.15, 0.2) is 5.96 Å². The first kappa shape index (κ1) is 22.0. The van der Waals surface area contributed by atoms with Crippen LogP contribution in [0.5, 0.6) is 11.5 Å². The van der Waals surface area contributed by atoms with Gasteiger partial charge in [-0.05, 0) is 37.6 Å². The van der Waals surface area contributed by atoms with Crippen LogP contribution in [0.15, 0.2) is 41.5 Å². The maximum absolute atomic E-state index is 12.1. The van der Waals surface area contributed by atoms with Crippen LogP contribution < -0.4 is 25.4 Å². The Morgan fingerprint density at radius 3 is 2.62 bits per heavy atom. The highest BCUT2D eigenvalue weighted by Gasteiger charge is 2.07. The van der Waals surface area contributed by atoms with Crippen LogP contribution in [0.1, 0.15) is 24.5 Å². The fraction of sp³-hybridized carbons (Fsp3) is 0.381. The summed E-state index contributed by atoms with van der Waals surface area (Å²) in [5.74, 6) is 2.52. The average Bonchev–Trinajstić information content (AvgIpc) is 2.73. The van der Waals surface area contributed by atoms with Crippen LogP contribution in [0, 0.1) is 6.92 Å². The molecule has 0 unspecified atom stereocenters. The van der Waals surface area contributed by atoms with Crippen molar-refractivity contribution in [2.75, 3.05) is 32.6 Å². The third-order valence-corrected chi connectivity index (χ3v) is 4.07. The van der Waals surface area contributed by atoms with Crippen LogP contribution in [0.4, 0.5) is 5.82 Å². The van der Waals surface area contributed by atoms with Gasteiger partial charge in [0.05, 0.1) is 20.8 Å². The number of carbonyl (C=O) groups is 1. The first-order valence-corrected chi connectivity index (χ1v) is 9.51. The molecule has 2 aromatic rings. The van der Waals surface area contributed by atoms with Crippen molar-refractivity contribution in [3.8, 4) is 11.5 Å². The van der Waals surface area contributed by atoms with Crippen molar-refractivity contribution in [3.63, 3.8) is 0 Å². The number of nitrogens with zero attached hydrogens (tertiary/aromatic N) is 2. The molecule has 0 saturated carbocycles. The monoisotopic (exact) mass is 399 g/mol. The molecule has 0 bridgehead atoms. The van der Waals surface area contributed by atoms with Gasteiger partial charge in [-0.15, -0.1) is 0 Å². The zero-order valence-corrected chi connectivity index (χ0v) is 17.4. The smallest absolute Gasteiger partial charge is 0.227 e. The second-order valence-corrected chi connectivity index (χ2v) is 6.32. The number of ether oxygens (including phenoxy) is 2. The van der Waals surface area contributed by atoms with Gasteiger partial charge in [-0.3, -0.25) is 4.79 Å². The molecule has 1 heterocycles. The Balaban J connectivity index is 1.89. The van der Waals surface area contributed by atoms with Gasteiger partial charge in [0.1, 0.15) is 17.3 Å². The van der Waals surface area contributed by atoms with E-state index in [0.29, 0.717) is 43.6 Å². The number of guanidine groups is 1. The molecule has 8 nitrogen and oxygen atoms in total. The van der Waals surface area contributed by atoms with Crippen molar-refractivity contribution >= 4 is 17.7 Å². The number of anilines is 1. The van der Waals surface area contributed by atoms with Crippen molar-refractivity contribution in [2.24, 2.45) is 4.99 Å². The molecule has 8 heteroatoms. The Bertz CT molecular complexity index is 822. The normalized spacial score (nSPS) is 11.0. The summed E-state index contributed by atoms with van der Waals surface area (Å²) in [5, 5.41) is 9.12. The lowest BCUT2D eigenvalue weighted by Crippen LogP contribution is -2.38. The molecule has 1 amide bonds. The van der Waals surface area contributed by atoms with Crippen molar-refractivity contribution in [2.45, 2.75) is 26.8 Å². The van der Waals surface area contributed by atoms with Gasteiger partial charge in [-0.2, -0.15) is 0 Å². The zero-order valence-electron chi connectivity index (χ0n) is 17.4. The summed E-state index contributed by atoms with van der Waals surface area (Å²) < 4.78 is 10.6. The van der Waals surface area contributed by atoms with E-state index in [-0.39, 0.29) is 5.91 Å². The number of amides is 1. The fourth-order valence-electron chi connectivity index (χ4n) is 2.53. The first-order chi connectivity index (χ1) is 14.0. The van der Waals surface area contributed by atoms with Crippen molar-refractivity contribution in [1.82, 2.24) is 15.6 Å². The van der Waals surface area contributed by atoms with Crippen LogP contribution in [-0.4, -0.2) is 44.2 Å². The molecule has 0 fully saturated rings. The summed E-state index contributed by atoms with van der Waals surface area (Å²) in [6.45, 7) is 5.53. The molecule has 0 saturated heterocycles. The maximum atomic E-state index is 12.1. The summed E-state index contributed by atoms with van der Waals surface area (Å²) in [6.07, 6.45) is 2.02. The largest absolute Gasteiger partial charge is 0.497 e. The van der Waals surface area contributed by atoms with E-state index in [4.69, 9.17) is 9.47 Å². The molecule has 0 atom stereocenters. The van der Waals surface area contributed by atoms with Crippen LogP contribution in [0.3, 0.4) is 0 Å². The van der Waals surface area contributed by atoms with E-state index < -0.39 is 0 Å². The highest BCUT2D eigenvalue weighted by Crippen LogP contribution is 2.25. The Hall–Kier alpha value is -3.29. The summed E-state index contributed by atoms with van der Waals surface area (Å²) in [4.78, 5) is 20.8. The zero-order chi connectivity index (χ0) is 21.1. The Kier molecular flexibility index (Phi) is 8.75. The molecule has 0 aliphatic rings.